The molecule has 0 saturated carbocycles. The molecule has 0 bridgehead atoms. The van der Waals surface area contributed by atoms with Gasteiger partial charge in [-0.25, -0.2) is 4.98 Å². The van der Waals surface area contributed by atoms with E-state index in [1.165, 1.54) is 4.90 Å². The Morgan fingerprint density at radius 2 is 1.63 bits per heavy atom. The number of ether oxygens (including phenoxy) is 3. The van der Waals surface area contributed by atoms with Crippen LogP contribution in [0.15, 0.2) is 77.0 Å². The lowest BCUT2D eigenvalue weighted by molar-refractivity contribution is -0.144. The molecule has 0 spiro atoms. The maximum atomic E-state index is 14.2. The molecule has 2 fully saturated rings. The molecule has 7 rings (SSSR count). The molecule has 0 unspecified atom stereocenters. The minimum atomic E-state index is -0.973. The molecule has 5 N–H and O–H groups in total. The summed E-state index contributed by atoms with van der Waals surface area (Å²) in [5.41, 5.74) is 10.1. The van der Waals surface area contributed by atoms with Crippen LogP contribution < -0.4 is 31.1 Å². The molecule has 17 heteroatoms. The standard InChI is InChI=1S/C58H75N7O9S/c1-10-64(44-21-25-72-26-22-44)49-29-43(28-47(37(49)4)54(68)59-31-48-35(2)27-36(3)61-55(48)69)41-17-19-46(20-18-41)74-24-12-11-23-73-33-51(67)63-53(58(7,8)9)57(71)65-32-45(66)30-50(65)56(70)62-38(5)40-13-15-42(16-14-40)52-39(6)60-34-75-52/h13-20,27-29,34,38,44-45,50,53,66H,10-12,21-26,30-33H2,1-9H3,(H,59,68)(H,61,69)(H,62,70)(H,63,67)/t38-,45+,50-,53+/m0/s1. The number of benzene rings is 3. The SMILES string of the molecule is CCN(c1cc(-c2ccc(OCCCCOCC(=O)N[C@H](C(=O)N3C[C@H](O)C[C@H]3C(=O)N[C@@H](C)c3ccc(-c4scnc4C)cc3)C(C)(C)C)cc2)cc(C(=O)NCc2c(C)cc(C)[nH]c2=O)c1C)C1CCOCC1. The fraction of sp³-hybridized carbons (Fsp3) is 0.483. The lowest BCUT2D eigenvalue weighted by atomic mass is 9.85. The van der Waals surface area contributed by atoms with Crippen LogP contribution >= 0.6 is 11.3 Å². The third kappa shape index (κ3) is 14.3. The number of aryl methyl sites for hydroxylation is 3. The number of aliphatic hydroxyl groups excluding tert-OH is 1. The zero-order chi connectivity index (χ0) is 54.0. The zero-order valence-corrected chi connectivity index (χ0v) is 45.8. The van der Waals surface area contributed by atoms with Gasteiger partial charge in [0.25, 0.3) is 11.5 Å². The molecule has 2 aliphatic heterocycles. The van der Waals surface area contributed by atoms with E-state index in [0.29, 0.717) is 56.1 Å². The molecule has 3 aromatic carbocycles. The van der Waals surface area contributed by atoms with Gasteiger partial charge < -0.3 is 50.1 Å². The smallest absolute Gasteiger partial charge is 0.253 e. The summed E-state index contributed by atoms with van der Waals surface area (Å²) < 4.78 is 17.5. The van der Waals surface area contributed by atoms with Gasteiger partial charge in [-0.05, 0) is 136 Å². The summed E-state index contributed by atoms with van der Waals surface area (Å²) in [6.45, 7) is 19.9. The fourth-order valence-corrected chi connectivity index (χ4v) is 10.8. The monoisotopic (exact) mass is 1050 g/mol. The van der Waals surface area contributed by atoms with E-state index in [-0.39, 0.29) is 55.6 Å². The Kier molecular flexibility index (Phi) is 19.1. The lowest BCUT2D eigenvalue weighted by Gasteiger charge is -2.37. The molecule has 0 radical (unpaired) electrons. The molecular formula is C58H75N7O9S. The number of carbonyl (C=O) groups excluding carboxylic acids is 4. The van der Waals surface area contributed by atoms with Gasteiger partial charge >= 0.3 is 0 Å². The third-order valence-corrected chi connectivity index (χ3v) is 15.2. The highest BCUT2D eigenvalue weighted by molar-refractivity contribution is 7.13. The van der Waals surface area contributed by atoms with Crippen LogP contribution in [0, 0.1) is 33.1 Å². The normalized spacial score (nSPS) is 16.8. The molecule has 402 valence electrons. The summed E-state index contributed by atoms with van der Waals surface area (Å²) in [5.74, 6) is -0.843. The molecule has 16 nitrogen and oxygen atoms in total. The second-order valence-electron chi connectivity index (χ2n) is 20.9. The first-order chi connectivity index (χ1) is 35.8. The Morgan fingerprint density at radius 1 is 0.933 bits per heavy atom. The highest BCUT2D eigenvalue weighted by Crippen LogP contribution is 2.35. The van der Waals surface area contributed by atoms with Crippen molar-refractivity contribution in [3.8, 4) is 27.3 Å². The van der Waals surface area contributed by atoms with E-state index < -0.39 is 35.4 Å². The molecule has 4 heterocycles. The molecule has 0 aliphatic carbocycles. The summed E-state index contributed by atoms with van der Waals surface area (Å²) in [6.07, 6.45) is 2.28. The number of anilines is 1. The van der Waals surface area contributed by atoms with Gasteiger partial charge in [-0.3, -0.25) is 24.0 Å². The number of rotatable bonds is 21. The number of pyridine rings is 1. The molecule has 5 aromatic rings. The van der Waals surface area contributed by atoms with Gasteiger partial charge in [0, 0.05) is 74.4 Å². The van der Waals surface area contributed by atoms with E-state index in [1.807, 2.05) is 122 Å². The highest BCUT2D eigenvalue weighted by atomic mass is 32.1. The number of aromatic nitrogens is 2. The van der Waals surface area contributed by atoms with E-state index in [9.17, 15) is 29.1 Å². The second kappa shape index (κ2) is 25.4. The molecular weight excluding hydrogens is 971 g/mol. The van der Waals surface area contributed by atoms with Gasteiger partial charge in [0.15, 0.2) is 0 Å². The van der Waals surface area contributed by atoms with Crippen LogP contribution in [-0.4, -0.2) is 114 Å². The Morgan fingerprint density at radius 3 is 2.28 bits per heavy atom. The number of aliphatic hydroxyl groups is 1. The zero-order valence-electron chi connectivity index (χ0n) is 45.0. The van der Waals surface area contributed by atoms with Gasteiger partial charge in [0.1, 0.15) is 24.4 Å². The predicted molar refractivity (Wildman–Crippen MR) is 293 cm³/mol. The Hall–Kier alpha value is -6.40. The number of likely N-dealkylation sites (tertiary alicyclic amines) is 1. The van der Waals surface area contributed by atoms with Crippen molar-refractivity contribution in [2.24, 2.45) is 5.41 Å². The van der Waals surface area contributed by atoms with Gasteiger partial charge in [-0.1, -0.05) is 57.2 Å². The number of H-pyrrole nitrogens is 1. The number of hydrogen-bond acceptors (Lipinski definition) is 12. The first-order valence-corrected chi connectivity index (χ1v) is 27.1. The van der Waals surface area contributed by atoms with E-state index in [0.717, 1.165) is 74.7 Å². The maximum absolute atomic E-state index is 14.2. The van der Waals surface area contributed by atoms with Crippen LogP contribution in [0.1, 0.15) is 117 Å². The van der Waals surface area contributed by atoms with Crippen LogP contribution in [0.4, 0.5) is 5.69 Å². The van der Waals surface area contributed by atoms with Crippen molar-refractivity contribution in [2.75, 3.05) is 51.0 Å². The Balaban J connectivity index is 0.894. The van der Waals surface area contributed by atoms with Crippen molar-refractivity contribution in [3.05, 3.63) is 122 Å². The summed E-state index contributed by atoms with van der Waals surface area (Å²) >= 11 is 1.57. The van der Waals surface area contributed by atoms with Crippen LogP contribution in [0.5, 0.6) is 5.75 Å². The van der Waals surface area contributed by atoms with Crippen molar-refractivity contribution in [3.63, 3.8) is 0 Å². The van der Waals surface area contributed by atoms with Gasteiger partial charge in [0.2, 0.25) is 17.7 Å². The van der Waals surface area contributed by atoms with Crippen LogP contribution in [0.3, 0.4) is 0 Å². The minimum Gasteiger partial charge on any atom is -0.494 e. The van der Waals surface area contributed by atoms with Crippen LogP contribution in [0.25, 0.3) is 21.6 Å². The van der Waals surface area contributed by atoms with Crippen LogP contribution in [-0.2, 0) is 30.4 Å². The molecule has 4 atom stereocenters. The Bertz CT molecular complexity index is 2830. The third-order valence-electron chi connectivity index (χ3n) is 14.3. The number of thiazole rings is 1. The summed E-state index contributed by atoms with van der Waals surface area (Å²) in [5, 5.41) is 19.6. The van der Waals surface area contributed by atoms with Crippen molar-refractivity contribution < 1.29 is 38.5 Å². The fourth-order valence-electron chi connectivity index (χ4n) is 10.0. The number of aromatic amines is 1. The van der Waals surface area contributed by atoms with E-state index in [2.05, 4.69) is 43.8 Å². The van der Waals surface area contributed by atoms with E-state index in [1.54, 1.807) is 11.3 Å². The number of unbranched alkanes of at least 4 members (excludes halogenated alkanes) is 1. The number of nitrogens with one attached hydrogen (secondary N) is 4. The summed E-state index contributed by atoms with van der Waals surface area (Å²) in [6, 6.07) is 19.7. The van der Waals surface area contributed by atoms with Crippen molar-refractivity contribution in [1.29, 1.82) is 0 Å². The average molecular weight is 1050 g/mol. The molecule has 4 amide bonds. The minimum absolute atomic E-state index is 0.0238. The first kappa shape index (κ1) is 56.3. The number of nitrogens with zero attached hydrogens (tertiary/aromatic N) is 3. The van der Waals surface area contributed by atoms with Crippen molar-refractivity contribution >= 4 is 40.7 Å². The van der Waals surface area contributed by atoms with Crippen molar-refractivity contribution in [1.82, 2.24) is 30.8 Å². The lowest BCUT2D eigenvalue weighted by Crippen LogP contribution is -2.58. The quantitative estimate of drug-likeness (QED) is 0.0447. The van der Waals surface area contributed by atoms with Gasteiger partial charge in [0.05, 0.1) is 34.8 Å². The number of β-amino-alcohol motifs (C(OH)–C–C–N with tert-alkyl or cyclic N) is 1. The highest BCUT2D eigenvalue weighted by Gasteiger charge is 2.45. The molecule has 2 aromatic heterocycles. The predicted octanol–water partition coefficient (Wildman–Crippen LogP) is 7.88. The van der Waals surface area contributed by atoms with E-state index in [4.69, 9.17) is 14.2 Å². The Labute approximate surface area is 445 Å². The number of carbonyl (C=O) groups is 4. The number of hydrogen-bond donors (Lipinski definition) is 5. The van der Waals surface area contributed by atoms with Crippen molar-refractivity contribution in [2.45, 2.75) is 131 Å². The largest absolute Gasteiger partial charge is 0.494 e. The summed E-state index contributed by atoms with van der Waals surface area (Å²) in [4.78, 5) is 79.9. The molecule has 75 heavy (non-hydrogen) atoms. The first-order valence-electron chi connectivity index (χ1n) is 26.2. The van der Waals surface area contributed by atoms with Crippen LogP contribution in [0.2, 0.25) is 0 Å². The topological polar surface area (TPSA) is 205 Å². The average Bonchev–Trinajstić information content (AvgIpc) is 4.00. The molecule has 2 aliphatic rings. The maximum Gasteiger partial charge on any atom is 0.253 e. The van der Waals surface area contributed by atoms with Gasteiger partial charge in [-0.15, -0.1) is 11.3 Å². The van der Waals surface area contributed by atoms with Gasteiger partial charge in [-0.2, -0.15) is 0 Å². The second-order valence-corrected chi connectivity index (χ2v) is 21.8. The summed E-state index contributed by atoms with van der Waals surface area (Å²) in [7, 11) is 0. The number of amides is 4. The van der Waals surface area contributed by atoms with E-state index >= 15 is 0 Å². The molecule has 2 saturated heterocycles.